The van der Waals surface area contributed by atoms with Crippen molar-refractivity contribution in [3.63, 3.8) is 0 Å². The molecule has 0 heterocycles. The van der Waals surface area contributed by atoms with Crippen molar-refractivity contribution in [2.45, 2.75) is 24.4 Å². The normalized spacial score (nSPS) is 12.7. The first-order chi connectivity index (χ1) is 7.53. The van der Waals surface area contributed by atoms with Gasteiger partial charge in [0, 0.05) is 18.4 Å². The number of carbonyl (C=O) groups is 3. The predicted molar refractivity (Wildman–Crippen MR) is 61.6 cm³/mol. The largest absolute Gasteiger partial charge is 0.550 e. The quantitative estimate of drug-likeness (QED) is 0.289. The zero-order valence-corrected chi connectivity index (χ0v) is 12.2. The van der Waals surface area contributed by atoms with E-state index in [0.29, 0.717) is 0 Å². The van der Waals surface area contributed by atoms with Gasteiger partial charge in [0.05, 0.1) is 5.97 Å². The molecule has 0 aromatic rings. The lowest BCUT2D eigenvalue weighted by molar-refractivity contribution is -0.320. The molecule has 0 aliphatic heterocycles. The molecule has 0 aromatic heterocycles. The lowest BCUT2D eigenvalue weighted by Crippen LogP contribution is -2.51. The molecule has 0 spiro atoms. The van der Waals surface area contributed by atoms with Gasteiger partial charge in [-0.05, 0) is 12.8 Å². The number of hydrogen-bond donors (Lipinski definition) is 5. The van der Waals surface area contributed by atoms with Crippen LogP contribution in [0.1, 0.15) is 19.3 Å². The number of carbonyl (C=O) groups excluding carboxylic acids is 3. The van der Waals surface area contributed by atoms with Crippen LogP contribution in [0, 0.1) is 0 Å². The van der Waals surface area contributed by atoms with Crippen LogP contribution in [-0.4, -0.2) is 32.9 Å². The summed E-state index contributed by atoms with van der Waals surface area (Å²) in [7, 11) is -5.45. The van der Waals surface area contributed by atoms with Gasteiger partial charge in [-0.25, -0.2) is 0 Å². The van der Waals surface area contributed by atoms with E-state index in [1.165, 1.54) is 0 Å². The zero-order valence-electron chi connectivity index (χ0n) is 11.3. The van der Waals surface area contributed by atoms with Crippen molar-refractivity contribution in [2.24, 2.45) is 0 Å². The first kappa shape index (κ1) is 26.9. The Morgan fingerprint density at radius 1 is 0.950 bits per heavy atom. The van der Waals surface area contributed by atoms with Crippen LogP contribution < -0.4 is 33.8 Å². The highest BCUT2D eigenvalue weighted by Gasteiger charge is 2.48. The highest BCUT2D eigenvalue weighted by molar-refractivity contribution is 7.54. The van der Waals surface area contributed by atoms with Gasteiger partial charge >= 0.3 is 7.60 Å². The van der Waals surface area contributed by atoms with Crippen LogP contribution in [0.2, 0.25) is 0 Å². The van der Waals surface area contributed by atoms with Crippen LogP contribution >= 0.6 is 7.60 Å². The Balaban J connectivity index is -0.000000427. The molecule has 0 rings (SSSR count). The van der Waals surface area contributed by atoms with Crippen molar-refractivity contribution in [3.8, 4) is 0 Å². The molecular weight excluding hydrogens is 301 g/mol. The first-order valence-electron chi connectivity index (χ1n) is 4.20. The fraction of sp³-hybridized carbons (Fsp3) is 0.571. The third-order valence-corrected chi connectivity index (χ3v) is 3.80. The van der Waals surface area contributed by atoms with Crippen LogP contribution in [0.4, 0.5) is 0 Å². The van der Waals surface area contributed by atoms with Crippen molar-refractivity contribution >= 4 is 25.5 Å². The summed E-state index contributed by atoms with van der Waals surface area (Å²) >= 11 is 0. The maximum absolute atomic E-state index is 11.0. The number of carboxylic acids is 3. The Hall–Kier alpha value is -1.56. The molecule has 14 N–H and O–H groups in total. The monoisotopic (exact) mass is 321 g/mol. The summed E-state index contributed by atoms with van der Waals surface area (Å²) in [6, 6.07) is 0. The predicted octanol–water partition coefficient (Wildman–Crippen LogP) is -3.55. The Kier molecular flexibility index (Phi) is 12.6. The third kappa shape index (κ3) is 6.56. The van der Waals surface area contributed by atoms with E-state index in [1.807, 2.05) is 0 Å². The first-order valence-corrected chi connectivity index (χ1v) is 5.81. The number of carboxylic acid groups (broad SMARTS) is 3. The van der Waals surface area contributed by atoms with E-state index in [1.54, 1.807) is 0 Å². The number of quaternary nitrogens is 3. The maximum Gasteiger partial charge on any atom is 0.337 e. The van der Waals surface area contributed by atoms with Crippen molar-refractivity contribution in [3.05, 3.63) is 0 Å². The molecule has 0 aromatic carbocycles. The van der Waals surface area contributed by atoms with Crippen LogP contribution in [0.15, 0.2) is 0 Å². The van der Waals surface area contributed by atoms with Crippen molar-refractivity contribution in [1.29, 1.82) is 0 Å². The van der Waals surface area contributed by atoms with Crippen LogP contribution in [0.25, 0.3) is 0 Å². The molecule has 1 unspecified atom stereocenters. The summed E-state index contributed by atoms with van der Waals surface area (Å²) in [5.74, 6) is -6.17. The Morgan fingerprint density at radius 2 is 1.35 bits per heavy atom. The number of hydrogen-bond acceptors (Lipinski definition) is 7. The van der Waals surface area contributed by atoms with Gasteiger partial charge in [-0.15, -0.1) is 0 Å². The summed E-state index contributed by atoms with van der Waals surface area (Å²) in [5, 5.41) is 28.0. The van der Waals surface area contributed by atoms with E-state index in [2.05, 4.69) is 0 Å². The Labute approximate surface area is 113 Å². The maximum atomic E-state index is 11.0. The minimum absolute atomic E-state index is 0. The van der Waals surface area contributed by atoms with Crippen LogP contribution in [0.5, 0.6) is 0 Å². The van der Waals surface area contributed by atoms with E-state index in [9.17, 15) is 34.3 Å². The van der Waals surface area contributed by atoms with Crippen molar-refractivity contribution in [2.75, 3.05) is 0 Å². The topological polar surface area (TPSA) is 287 Å². The molecule has 0 saturated carbocycles. The summed E-state index contributed by atoms with van der Waals surface area (Å²) in [6.07, 6.45) is -3.71. The van der Waals surface area contributed by atoms with E-state index < -0.39 is 49.9 Å². The summed E-state index contributed by atoms with van der Waals surface area (Å²) in [4.78, 5) is 48.8. The zero-order chi connectivity index (χ0) is 13.9. The average molecular weight is 321 g/mol. The molecule has 0 fully saturated rings. The van der Waals surface area contributed by atoms with Gasteiger partial charge in [-0.3, -0.25) is 4.57 Å². The molecular formula is C7H20N3O9P. The second-order valence-corrected chi connectivity index (χ2v) is 5.23. The van der Waals surface area contributed by atoms with Crippen LogP contribution in [-0.2, 0) is 18.9 Å². The van der Waals surface area contributed by atoms with Gasteiger partial charge in [0.1, 0.15) is 5.16 Å². The fourth-order valence-corrected chi connectivity index (χ4v) is 2.15. The molecule has 1 atom stereocenters. The molecule has 12 nitrogen and oxygen atoms in total. The van der Waals surface area contributed by atoms with Crippen LogP contribution in [0.3, 0.4) is 0 Å². The van der Waals surface area contributed by atoms with E-state index >= 15 is 0 Å². The lowest BCUT2D eigenvalue weighted by atomic mass is 9.98. The Bertz CT molecular complexity index is 395. The van der Waals surface area contributed by atoms with Gasteiger partial charge < -0.3 is 57.9 Å². The van der Waals surface area contributed by atoms with E-state index in [0.717, 1.165) is 0 Å². The Morgan fingerprint density at radius 3 is 1.55 bits per heavy atom. The van der Waals surface area contributed by atoms with Gasteiger partial charge in [0.2, 0.25) is 0 Å². The molecule has 0 amide bonds. The lowest BCUT2D eigenvalue weighted by Gasteiger charge is -2.35. The molecule has 13 heteroatoms. The number of rotatable bonds is 7. The molecule has 0 radical (unpaired) electrons. The van der Waals surface area contributed by atoms with Crippen molar-refractivity contribution in [1.82, 2.24) is 18.5 Å². The molecule has 0 bridgehead atoms. The van der Waals surface area contributed by atoms with Gasteiger partial charge in [-0.2, -0.15) is 0 Å². The summed E-state index contributed by atoms with van der Waals surface area (Å²) < 4.78 is 11.0. The second-order valence-electron chi connectivity index (χ2n) is 3.28. The molecule has 0 saturated heterocycles. The second kappa shape index (κ2) is 9.36. The summed E-state index contributed by atoms with van der Waals surface area (Å²) in [5.41, 5.74) is 0. The average Bonchev–Trinajstić information content (AvgIpc) is 2.08. The minimum Gasteiger partial charge on any atom is -0.550 e. The number of aliphatic carboxylic acids is 3. The minimum atomic E-state index is -5.45. The van der Waals surface area contributed by atoms with Crippen molar-refractivity contribution < 1.29 is 44.1 Å². The third-order valence-electron chi connectivity index (χ3n) is 2.12. The fourth-order valence-electron chi connectivity index (χ4n) is 1.18. The summed E-state index contributed by atoms with van der Waals surface area (Å²) in [6.45, 7) is 0. The smallest absolute Gasteiger partial charge is 0.337 e. The van der Waals surface area contributed by atoms with E-state index in [4.69, 9.17) is 9.79 Å². The highest BCUT2D eigenvalue weighted by atomic mass is 31.2. The van der Waals surface area contributed by atoms with E-state index in [-0.39, 0.29) is 18.5 Å². The molecule has 122 valence electrons. The van der Waals surface area contributed by atoms with Gasteiger partial charge in [0.15, 0.2) is 0 Å². The molecule has 20 heavy (non-hydrogen) atoms. The SMILES string of the molecule is O=C([O-])CCC(CC(=O)[O-])(C(=O)[O-])P(=O)(O)O.[NH4+].[NH4+].[NH4+]. The van der Waals surface area contributed by atoms with Gasteiger partial charge in [-0.1, -0.05) is 0 Å². The standard InChI is InChI=1S/C7H11O9P.3H3N/c8-4(9)1-2-7(6(12)13,3-5(10)11)17(14,15)16;;;/h1-3H2,(H,8,9)(H,10,11)(H,12,13)(H2,14,15,16);3*1H3. The molecule has 0 aliphatic carbocycles. The highest BCUT2D eigenvalue weighted by Crippen LogP contribution is 2.54. The molecule has 0 aliphatic rings. The van der Waals surface area contributed by atoms with Gasteiger partial charge in [0.25, 0.3) is 0 Å².